The number of likely N-dealkylation sites (tertiary alicyclic amines) is 1. The van der Waals surface area contributed by atoms with Gasteiger partial charge in [0.1, 0.15) is 5.82 Å². The third-order valence-electron chi connectivity index (χ3n) is 3.67. The fraction of sp³-hybridized carbons (Fsp3) is 0.818. The molecule has 1 fully saturated rings. The van der Waals surface area contributed by atoms with E-state index in [4.69, 9.17) is 0 Å². The zero-order valence-electron chi connectivity index (χ0n) is 9.63. The van der Waals surface area contributed by atoms with Gasteiger partial charge < -0.3 is 5.11 Å². The van der Waals surface area contributed by atoms with Crippen LogP contribution in [0.15, 0.2) is 0 Å². The highest BCUT2D eigenvalue weighted by Gasteiger charge is 2.28. The summed E-state index contributed by atoms with van der Waals surface area (Å²) in [7, 11) is 2.13. The second-order valence-corrected chi connectivity index (χ2v) is 4.90. The molecule has 0 amide bonds. The molecule has 0 saturated carbocycles. The maximum atomic E-state index is 9.58. The van der Waals surface area contributed by atoms with Gasteiger partial charge in [-0.3, -0.25) is 4.90 Å². The molecule has 3 rings (SSSR count). The predicted molar refractivity (Wildman–Crippen MR) is 59.0 cm³/mol. The van der Waals surface area contributed by atoms with E-state index in [2.05, 4.69) is 22.0 Å². The highest BCUT2D eigenvalue weighted by atomic mass is 16.3. The minimum Gasteiger partial charge on any atom is -0.391 e. The number of aliphatic hydroxyl groups excluding tert-OH is 1. The zero-order valence-corrected chi connectivity index (χ0v) is 9.63. The van der Waals surface area contributed by atoms with Crippen LogP contribution in [0.3, 0.4) is 0 Å². The molecule has 3 heterocycles. The van der Waals surface area contributed by atoms with E-state index in [1.807, 2.05) is 4.68 Å². The normalized spacial score (nSPS) is 30.6. The largest absolute Gasteiger partial charge is 0.391 e. The van der Waals surface area contributed by atoms with Crippen LogP contribution in [0, 0.1) is 0 Å². The quantitative estimate of drug-likeness (QED) is 0.745. The topological polar surface area (TPSA) is 54.2 Å². The van der Waals surface area contributed by atoms with Crippen LogP contribution in [0.2, 0.25) is 0 Å². The summed E-state index contributed by atoms with van der Waals surface area (Å²) < 4.78 is 1.88. The monoisotopic (exact) mass is 222 g/mol. The van der Waals surface area contributed by atoms with Crippen LogP contribution in [0.25, 0.3) is 0 Å². The minimum absolute atomic E-state index is 0.247. The van der Waals surface area contributed by atoms with Gasteiger partial charge in [-0.2, -0.15) is 5.10 Å². The Morgan fingerprint density at radius 2 is 2.25 bits per heavy atom. The standard InChI is InChI=1S/C11H18N4O/c1-14-6-2-3-9(14)11-12-10-5-4-8(16)7-15(10)13-11/h8-9,16H,2-7H2,1H3. The molecular weight excluding hydrogens is 204 g/mol. The summed E-state index contributed by atoms with van der Waals surface area (Å²) >= 11 is 0. The maximum Gasteiger partial charge on any atom is 0.168 e. The van der Waals surface area contributed by atoms with Gasteiger partial charge in [-0.1, -0.05) is 0 Å². The van der Waals surface area contributed by atoms with Crippen LogP contribution in [-0.4, -0.2) is 44.5 Å². The van der Waals surface area contributed by atoms with Crippen molar-refractivity contribution in [3.63, 3.8) is 0 Å². The van der Waals surface area contributed by atoms with Crippen LogP contribution >= 0.6 is 0 Å². The number of fused-ring (bicyclic) bond motifs is 1. The first-order valence-electron chi connectivity index (χ1n) is 6.06. The van der Waals surface area contributed by atoms with Crippen molar-refractivity contribution in [2.24, 2.45) is 0 Å². The summed E-state index contributed by atoms with van der Waals surface area (Å²) in [5, 5.41) is 14.1. The number of nitrogens with zero attached hydrogens (tertiary/aromatic N) is 4. The molecule has 16 heavy (non-hydrogen) atoms. The van der Waals surface area contributed by atoms with Gasteiger partial charge in [0, 0.05) is 6.42 Å². The third kappa shape index (κ3) is 1.64. The van der Waals surface area contributed by atoms with E-state index in [1.54, 1.807) is 0 Å². The van der Waals surface area contributed by atoms with Gasteiger partial charge in [0.15, 0.2) is 5.82 Å². The summed E-state index contributed by atoms with van der Waals surface area (Å²) in [6.45, 7) is 1.75. The molecule has 1 aromatic rings. The molecule has 1 N–H and O–H groups in total. The maximum absolute atomic E-state index is 9.58. The number of aryl methyl sites for hydroxylation is 1. The van der Waals surface area contributed by atoms with Crippen molar-refractivity contribution in [2.45, 2.75) is 44.4 Å². The highest BCUT2D eigenvalue weighted by Crippen LogP contribution is 2.28. The van der Waals surface area contributed by atoms with Crippen LogP contribution in [0.4, 0.5) is 0 Å². The average molecular weight is 222 g/mol. The third-order valence-corrected chi connectivity index (χ3v) is 3.67. The summed E-state index contributed by atoms with van der Waals surface area (Å²) in [6, 6.07) is 0.384. The van der Waals surface area contributed by atoms with E-state index in [1.165, 1.54) is 6.42 Å². The Balaban J connectivity index is 1.86. The summed E-state index contributed by atoms with van der Waals surface area (Å²) in [6.07, 6.45) is 3.81. The van der Waals surface area contributed by atoms with E-state index in [0.717, 1.165) is 37.5 Å². The Morgan fingerprint density at radius 3 is 3.00 bits per heavy atom. The molecule has 2 aliphatic rings. The fourth-order valence-corrected chi connectivity index (χ4v) is 2.69. The molecule has 0 radical (unpaired) electrons. The molecule has 0 spiro atoms. The summed E-state index contributed by atoms with van der Waals surface area (Å²) in [5.41, 5.74) is 0. The van der Waals surface area contributed by atoms with Gasteiger partial charge in [-0.05, 0) is 32.9 Å². The number of aliphatic hydroxyl groups is 1. The smallest absolute Gasteiger partial charge is 0.168 e. The van der Waals surface area contributed by atoms with Crippen LogP contribution in [0.1, 0.15) is 37.0 Å². The van der Waals surface area contributed by atoms with Crippen molar-refractivity contribution in [1.82, 2.24) is 19.7 Å². The fourth-order valence-electron chi connectivity index (χ4n) is 2.69. The van der Waals surface area contributed by atoms with Crippen molar-refractivity contribution < 1.29 is 5.11 Å². The van der Waals surface area contributed by atoms with Crippen molar-refractivity contribution in [3.8, 4) is 0 Å². The van der Waals surface area contributed by atoms with Gasteiger partial charge in [-0.25, -0.2) is 9.67 Å². The molecule has 0 bridgehead atoms. The van der Waals surface area contributed by atoms with Gasteiger partial charge in [0.2, 0.25) is 0 Å². The molecule has 2 atom stereocenters. The lowest BCUT2D eigenvalue weighted by molar-refractivity contribution is 0.124. The highest BCUT2D eigenvalue weighted by molar-refractivity contribution is 5.03. The predicted octanol–water partition coefficient (Wildman–Crippen LogP) is 0.352. The van der Waals surface area contributed by atoms with Crippen molar-refractivity contribution in [2.75, 3.05) is 13.6 Å². The Morgan fingerprint density at radius 1 is 1.38 bits per heavy atom. The number of rotatable bonds is 1. The molecule has 5 heteroatoms. The molecule has 1 aromatic heterocycles. The van der Waals surface area contributed by atoms with E-state index < -0.39 is 0 Å². The van der Waals surface area contributed by atoms with Crippen molar-refractivity contribution in [1.29, 1.82) is 0 Å². The number of hydrogen-bond donors (Lipinski definition) is 1. The van der Waals surface area contributed by atoms with E-state index in [9.17, 15) is 5.11 Å². The molecule has 88 valence electrons. The summed E-state index contributed by atoms with van der Waals surface area (Å²) in [5.74, 6) is 1.99. The van der Waals surface area contributed by atoms with Crippen LogP contribution in [0.5, 0.6) is 0 Å². The van der Waals surface area contributed by atoms with Crippen LogP contribution < -0.4 is 0 Å². The molecule has 2 unspecified atom stereocenters. The molecule has 5 nitrogen and oxygen atoms in total. The number of aromatic nitrogens is 3. The number of hydrogen-bond acceptors (Lipinski definition) is 4. The first-order valence-corrected chi connectivity index (χ1v) is 6.06. The average Bonchev–Trinajstić information content (AvgIpc) is 2.82. The Hall–Kier alpha value is -0.940. The Bertz CT molecular complexity index is 389. The molecular formula is C11H18N4O. The van der Waals surface area contributed by atoms with Gasteiger partial charge in [-0.15, -0.1) is 0 Å². The second-order valence-electron chi connectivity index (χ2n) is 4.90. The lowest BCUT2D eigenvalue weighted by Gasteiger charge is -2.17. The van der Waals surface area contributed by atoms with Crippen LogP contribution in [-0.2, 0) is 13.0 Å². The van der Waals surface area contributed by atoms with Gasteiger partial charge in [0.05, 0.1) is 18.7 Å². The Labute approximate surface area is 95.1 Å². The van der Waals surface area contributed by atoms with Crippen molar-refractivity contribution in [3.05, 3.63) is 11.6 Å². The van der Waals surface area contributed by atoms with E-state index in [0.29, 0.717) is 12.6 Å². The zero-order chi connectivity index (χ0) is 11.1. The van der Waals surface area contributed by atoms with E-state index in [-0.39, 0.29) is 6.10 Å². The SMILES string of the molecule is CN1CCCC1c1nc2n(n1)CC(O)CC2. The molecule has 1 saturated heterocycles. The lowest BCUT2D eigenvalue weighted by atomic mass is 10.1. The Kier molecular flexibility index (Phi) is 2.44. The van der Waals surface area contributed by atoms with Crippen molar-refractivity contribution >= 4 is 0 Å². The lowest BCUT2D eigenvalue weighted by Crippen LogP contribution is -2.25. The minimum atomic E-state index is -0.247. The molecule has 0 aromatic carbocycles. The molecule has 0 aliphatic carbocycles. The van der Waals surface area contributed by atoms with Gasteiger partial charge >= 0.3 is 0 Å². The first kappa shape index (κ1) is 10.2. The van der Waals surface area contributed by atoms with E-state index >= 15 is 0 Å². The molecule has 2 aliphatic heterocycles. The summed E-state index contributed by atoms with van der Waals surface area (Å²) in [4.78, 5) is 6.93. The first-order chi connectivity index (χ1) is 7.74. The van der Waals surface area contributed by atoms with Gasteiger partial charge in [0.25, 0.3) is 0 Å². The second kappa shape index (κ2) is 3.82.